The normalized spacial score (nSPS) is 13.5. The fourth-order valence-corrected chi connectivity index (χ4v) is 3.20. The van der Waals surface area contributed by atoms with Gasteiger partial charge in [0.1, 0.15) is 11.8 Å². The summed E-state index contributed by atoms with van der Waals surface area (Å²) >= 11 is 0. The van der Waals surface area contributed by atoms with Crippen LogP contribution in [0.3, 0.4) is 0 Å². The van der Waals surface area contributed by atoms with Crippen molar-refractivity contribution in [3.8, 4) is 6.07 Å². The van der Waals surface area contributed by atoms with Crippen molar-refractivity contribution in [1.29, 1.82) is 5.26 Å². The lowest BCUT2D eigenvalue weighted by molar-refractivity contribution is -0.0984. The highest BCUT2D eigenvalue weighted by Crippen LogP contribution is 2.30. The van der Waals surface area contributed by atoms with Gasteiger partial charge in [-0.05, 0) is 5.56 Å². The number of hydrogen-bond acceptors (Lipinski definition) is 5. The molecule has 23 heavy (non-hydrogen) atoms. The Kier molecular flexibility index (Phi) is 5.16. The Labute approximate surface area is 135 Å². The number of hydrogen-bond donors (Lipinski definition) is 0. The van der Waals surface area contributed by atoms with Crippen LogP contribution in [0.15, 0.2) is 73.5 Å². The monoisotopic (exact) mass is 329 g/mol. The average Bonchev–Trinajstić information content (AvgIpc) is 2.55. The van der Waals surface area contributed by atoms with Gasteiger partial charge in [-0.25, -0.2) is 4.18 Å². The van der Waals surface area contributed by atoms with Gasteiger partial charge in [0, 0.05) is 5.56 Å². The molecule has 0 radical (unpaired) electrons. The van der Waals surface area contributed by atoms with E-state index in [2.05, 4.69) is 6.58 Å². The Balaban J connectivity index is 2.34. The maximum absolute atomic E-state index is 12.3. The number of rotatable bonds is 7. The minimum Gasteiger partial charge on any atom is -0.453 e. The van der Waals surface area contributed by atoms with Crippen LogP contribution in [0.25, 0.3) is 0 Å². The van der Waals surface area contributed by atoms with Gasteiger partial charge in [-0.3, -0.25) is 0 Å². The van der Waals surface area contributed by atoms with E-state index < -0.39 is 15.9 Å². The Morgan fingerprint density at radius 2 is 1.65 bits per heavy atom. The van der Waals surface area contributed by atoms with E-state index in [1.54, 1.807) is 66.7 Å². The summed E-state index contributed by atoms with van der Waals surface area (Å²) in [6.45, 7) is 3.38. The molecule has 2 rings (SSSR count). The molecule has 118 valence electrons. The molecule has 0 aliphatic rings. The van der Waals surface area contributed by atoms with Crippen molar-refractivity contribution in [3.63, 3.8) is 0 Å². The summed E-state index contributed by atoms with van der Waals surface area (Å²) < 4.78 is 34.9. The molecule has 0 fully saturated rings. The second-order valence-electron chi connectivity index (χ2n) is 4.65. The van der Waals surface area contributed by atoms with E-state index in [0.717, 1.165) is 6.26 Å². The predicted molar refractivity (Wildman–Crippen MR) is 85.2 cm³/mol. The summed E-state index contributed by atoms with van der Waals surface area (Å²) in [4.78, 5) is 0. The molecular weight excluding hydrogens is 314 g/mol. The first kappa shape index (κ1) is 16.7. The summed E-state index contributed by atoms with van der Waals surface area (Å²) in [7, 11) is -4.07. The number of nitriles is 1. The number of benzene rings is 2. The fourth-order valence-electron chi connectivity index (χ4n) is 2.01. The SMILES string of the molecule is C=COC(C#N)(OS(=O)(=O)Cc1ccccc1)c1ccccc1. The largest absolute Gasteiger partial charge is 0.453 e. The summed E-state index contributed by atoms with van der Waals surface area (Å²) in [5.41, 5.74) is 0.810. The van der Waals surface area contributed by atoms with Crippen molar-refractivity contribution in [2.45, 2.75) is 11.5 Å². The molecule has 0 saturated heterocycles. The molecule has 6 heteroatoms. The molecule has 0 aliphatic heterocycles. The van der Waals surface area contributed by atoms with Gasteiger partial charge in [0.15, 0.2) is 0 Å². The highest BCUT2D eigenvalue weighted by atomic mass is 32.2. The van der Waals surface area contributed by atoms with E-state index in [4.69, 9.17) is 8.92 Å². The van der Waals surface area contributed by atoms with Crippen LogP contribution in [0.5, 0.6) is 0 Å². The summed E-state index contributed by atoms with van der Waals surface area (Å²) in [6.07, 6.45) is 0.980. The van der Waals surface area contributed by atoms with Crippen LogP contribution >= 0.6 is 0 Å². The van der Waals surface area contributed by atoms with Crippen LogP contribution in [0.2, 0.25) is 0 Å². The van der Waals surface area contributed by atoms with Gasteiger partial charge in [-0.1, -0.05) is 67.2 Å². The molecule has 1 atom stereocenters. The predicted octanol–water partition coefficient (Wildman–Crippen LogP) is 3.07. The highest BCUT2D eigenvalue weighted by Gasteiger charge is 2.40. The van der Waals surface area contributed by atoms with Gasteiger partial charge < -0.3 is 4.74 Å². The molecule has 0 saturated carbocycles. The number of nitrogens with zero attached hydrogens (tertiary/aromatic N) is 1. The van der Waals surface area contributed by atoms with Crippen molar-refractivity contribution < 1.29 is 17.3 Å². The van der Waals surface area contributed by atoms with Crippen LogP contribution in [0.1, 0.15) is 11.1 Å². The zero-order valence-corrected chi connectivity index (χ0v) is 13.1. The van der Waals surface area contributed by atoms with Crippen molar-refractivity contribution in [3.05, 3.63) is 84.6 Å². The third-order valence-corrected chi connectivity index (χ3v) is 4.16. The maximum atomic E-state index is 12.3. The van der Waals surface area contributed by atoms with Crippen molar-refractivity contribution >= 4 is 10.1 Å². The lowest BCUT2D eigenvalue weighted by Gasteiger charge is -2.25. The van der Waals surface area contributed by atoms with Gasteiger partial charge in [-0.15, -0.1) is 0 Å². The van der Waals surface area contributed by atoms with E-state index in [-0.39, 0.29) is 11.3 Å². The van der Waals surface area contributed by atoms with E-state index in [9.17, 15) is 13.7 Å². The topological polar surface area (TPSA) is 76.4 Å². The van der Waals surface area contributed by atoms with Crippen LogP contribution in [-0.4, -0.2) is 8.42 Å². The van der Waals surface area contributed by atoms with Gasteiger partial charge in [0.25, 0.3) is 10.1 Å². The first-order valence-electron chi connectivity index (χ1n) is 6.74. The Morgan fingerprint density at radius 3 is 2.17 bits per heavy atom. The van der Waals surface area contributed by atoms with Crippen molar-refractivity contribution in [2.24, 2.45) is 0 Å². The first-order valence-corrected chi connectivity index (χ1v) is 8.32. The number of ether oxygens (including phenoxy) is 1. The standard InChI is InChI=1S/C17H15NO4S/c1-2-21-17(14-18,16-11-7-4-8-12-16)22-23(19,20)13-15-9-5-3-6-10-15/h2-12H,1,13H2. The van der Waals surface area contributed by atoms with Gasteiger partial charge in [0.2, 0.25) is 0 Å². The molecule has 0 bridgehead atoms. The van der Waals surface area contributed by atoms with Crippen LogP contribution in [-0.2, 0) is 30.6 Å². The molecule has 1 unspecified atom stereocenters. The third-order valence-electron chi connectivity index (χ3n) is 2.98. The molecule has 0 aliphatic carbocycles. The smallest absolute Gasteiger partial charge is 0.342 e. The maximum Gasteiger partial charge on any atom is 0.342 e. The van der Waals surface area contributed by atoms with Gasteiger partial charge in [0.05, 0.1) is 6.26 Å². The minimum atomic E-state index is -4.07. The Morgan fingerprint density at radius 1 is 1.09 bits per heavy atom. The van der Waals surface area contributed by atoms with Crippen LogP contribution < -0.4 is 0 Å². The second kappa shape index (κ2) is 7.09. The average molecular weight is 329 g/mol. The van der Waals surface area contributed by atoms with Crippen LogP contribution in [0, 0.1) is 11.3 Å². The van der Waals surface area contributed by atoms with E-state index >= 15 is 0 Å². The fraction of sp³-hybridized carbons (Fsp3) is 0.118. The molecule has 0 N–H and O–H groups in total. The third kappa shape index (κ3) is 4.19. The lowest BCUT2D eigenvalue weighted by Crippen LogP contribution is -2.33. The quantitative estimate of drug-likeness (QED) is 0.443. The molecule has 2 aromatic carbocycles. The van der Waals surface area contributed by atoms with Crippen LogP contribution in [0.4, 0.5) is 0 Å². The molecule has 2 aromatic rings. The Hall–Kier alpha value is -2.62. The molecule has 0 spiro atoms. The minimum absolute atomic E-state index is 0.263. The van der Waals surface area contributed by atoms with E-state index in [0.29, 0.717) is 5.56 Å². The summed E-state index contributed by atoms with van der Waals surface area (Å²) in [6, 6.07) is 18.5. The van der Waals surface area contributed by atoms with E-state index in [1.807, 2.05) is 0 Å². The zero-order chi connectivity index (χ0) is 16.8. The molecule has 0 heterocycles. The first-order chi connectivity index (χ1) is 11.0. The molecule has 0 amide bonds. The van der Waals surface area contributed by atoms with Crippen molar-refractivity contribution in [1.82, 2.24) is 0 Å². The highest BCUT2D eigenvalue weighted by molar-refractivity contribution is 7.85. The second-order valence-corrected chi connectivity index (χ2v) is 6.22. The Bertz CT molecular complexity index is 797. The zero-order valence-electron chi connectivity index (χ0n) is 12.3. The summed E-state index contributed by atoms with van der Waals surface area (Å²) in [5.74, 6) is -2.47. The van der Waals surface area contributed by atoms with E-state index in [1.165, 1.54) is 0 Å². The van der Waals surface area contributed by atoms with Gasteiger partial charge in [-0.2, -0.15) is 13.7 Å². The molecule has 5 nitrogen and oxygen atoms in total. The lowest BCUT2D eigenvalue weighted by atomic mass is 10.1. The summed E-state index contributed by atoms with van der Waals surface area (Å²) in [5, 5.41) is 9.48. The molecule has 0 aromatic heterocycles. The molecular formula is C17H15NO4S. The van der Waals surface area contributed by atoms with Crippen molar-refractivity contribution in [2.75, 3.05) is 0 Å². The van der Waals surface area contributed by atoms with Gasteiger partial charge >= 0.3 is 5.79 Å².